The molecule has 0 atom stereocenters. The molecule has 5 heteroatoms. The molecular formula is C13H14N4O. The number of aromatic nitrogens is 3. The standard InChI is InChI=1S/C13H14N4O/c1-9-4-10(2)6-11(5-9)17-13(8-18-3)12(7-14)15-16-17/h4-6H,8H2,1-3H3. The lowest BCUT2D eigenvalue weighted by Crippen LogP contribution is -2.05. The average Bonchev–Trinajstić information content (AvgIpc) is 2.71. The Labute approximate surface area is 106 Å². The van der Waals surface area contributed by atoms with Crippen LogP contribution >= 0.6 is 0 Å². The van der Waals surface area contributed by atoms with Gasteiger partial charge in [-0.25, -0.2) is 4.68 Å². The van der Waals surface area contributed by atoms with Gasteiger partial charge in [-0.05, 0) is 37.1 Å². The second-order valence-electron chi connectivity index (χ2n) is 4.19. The fourth-order valence-electron chi connectivity index (χ4n) is 1.93. The maximum atomic E-state index is 8.99. The molecule has 1 aromatic carbocycles. The van der Waals surface area contributed by atoms with E-state index in [9.17, 15) is 0 Å². The lowest BCUT2D eigenvalue weighted by Gasteiger charge is -2.07. The van der Waals surface area contributed by atoms with Crippen LogP contribution in [-0.2, 0) is 11.3 Å². The van der Waals surface area contributed by atoms with Gasteiger partial charge in [-0.15, -0.1) is 5.10 Å². The lowest BCUT2D eigenvalue weighted by molar-refractivity contribution is 0.179. The van der Waals surface area contributed by atoms with E-state index in [1.165, 1.54) is 0 Å². The van der Waals surface area contributed by atoms with Gasteiger partial charge in [-0.3, -0.25) is 0 Å². The van der Waals surface area contributed by atoms with Gasteiger partial charge in [-0.1, -0.05) is 11.3 Å². The maximum absolute atomic E-state index is 8.99. The van der Waals surface area contributed by atoms with Crippen molar-refractivity contribution in [1.82, 2.24) is 15.0 Å². The van der Waals surface area contributed by atoms with E-state index in [1.54, 1.807) is 11.8 Å². The van der Waals surface area contributed by atoms with Gasteiger partial charge in [0.2, 0.25) is 0 Å². The van der Waals surface area contributed by atoms with E-state index < -0.39 is 0 Å². The highest BCUT2D eigenvalue weighted by Gasteiger charge is 2.14. The molecule has 0 spiro atoms. The molecule has 1 aromatic heterocycles. The van der Waals surface area contributed by atoms with Crippen LogP contribution in [0, 0.1) is 25.2 Å². The summed E-state index contributed by atoms with van der Waals surface area (Å²) in [6.07, 6.45) is 0. The number of methoxy groups -OCH3 is 1. The Hall–Kier alpha value is -2.19. The van der Waals surface area contributed by atoms with Crippen molar-refractivity contribution in [3.8, 4) is 11.8 Å². The molecule has 0 saturated carbocycles. The van der Waals surface area contributed by atoms with Gasteiger partial charge in [0.15, 0.2) is 5.69 Å². The van der Waals surface area contributed by atoms with E-state index in [2.05, 4.69) is 16.4 Å². The molecule has 2 aromatic rings. The summed E-state index contributed by atoms with van der Waals surface area (Å²) in [4.78, 5) is 0. The first-order chi connectivity index (χ1) is 8.65. The Balaban J connectivity index is 2.56. The molecule has 0 aliphatic carbocycles. The van der Waals surface area contributed by atoms with E-state index >= 15 is 0 Å². The topological polar surface area (TPSA) is 63.7 Å². The summed E-state index contributed by atoms with van der Waals surface area (Å²) in [6, 6.07) is 8.11. The van der Waals surface area contributed by atoms with Crippen LogP contribution in [0.5, 0.6) is 0 Å². The zero-order valence-corrected chi connectivity index (χ0v) is 10.6. The number of nitrogens with zero attached hydrogens (tertiary/aromatic N) is 4. The zero-order valence-electron chi connectivity index (χ0n) is 10.6. The van der Waals surface area contributed by atoms with E-state index in [0.717, 1.165) is 16.8 Å². The van der Waals surface area contributed by atoms with Crippen LogP contribution in [0.2, 0.25) is 0 Å². The van der Waals surface area contributed by atoms with Crippen LogP contribution < -0.4 is 0 Å². The Bertz CT molecular complexity index is 590. The summed E-state index contributed by atoms with van der Waals surface area (Å²) in [7, 11) is 1.58. The monoisotopic (exact) mass is 242 g/mol. The van der Waals surface area contributed by atoms with Crippen LogP contribution in [0.4, 0.5) is 0 Å². The molecule has 0 bridgehead atoms. The fourth-order valence-corrected chi connectivity index (χ4v) is 1.93. The summed E-state index contributed by atoms with van der Waals surface area (Å²) in [5.74, 6) is 0. The van der Waals surface area contributed by atoms with Crippen LogP contribution in [0.15, 0.2) is 18.2 Å². The van der Waals surface area contributed by atoms with Crippen molar-refractivity contribution >= 4 is 0 Å². The summed E-state index contributed by atoms with van der Waals surface area (Å²) in [6.45, 7) is 4.35. The first-order valence-electron chi connectivity index (χ1n) is 5.58. The average molecular weight is 242 g/mol. The minimum absolute atomic E-state index is 0.302. The molecule has 0 aliphatic rings. The number of benzene rings is 1. The highest BCUT2D eigenvalue weighted by atomic mass is 16.5. The minimum atomic E-state index is 0.302. The molecule has 5 nitrogen and oxygen atoms in total. The molecule has 1 heterocycles. The van der Waals surface area contributed by atoms with Crippen molar-refractivity contribution in [3.05, 3.63) is 40.7 Å². The van der Waals surface area contributed by atoms with Gasteiger partial charge in [0.25, 0.3) is 0 Å². The minimum Gasteiger partial charge on any atom is -0.378 e. The van der Waals surface area contributed by atoms with Crippen molar-refractivity contribution in [2.24, 2.45) is 0 Å². The Morgan fingerprint density at radius 2 is 1.94 bits per heavy atom. The normalized spacial score (nSPS) is 10.3. The van der Waals surface area contributed by atoms with Gasteiger partial charge in [0, 0.05) is 7.11 Å². The van der Waals surface area contributed by atoms with E-state index in [-0.39, 0.29) is 0 Å². The summed E-state index contributed by atoms with van der Waals surface area (Å²) in [5, 5.41) is 16.9. The van der Waals surface area contributed by atoms with E-state index in [1.807, 2.05) is 32.0 Å². The Kier molecular flexibility index (Phi) is 3.40. The molecule has 0 fully saturated rings. The van der Waals surface area contributed by atoms with Crippen molar-refractivity contribution in [2.45, 2.75) is 20.5 Å². The number of hydrogen-bond acceptors (Lipinski definition) is 4. The molecular weight excluding hydrogens is 228 g/mol. The SMILES string of the molecule is COCc1c(C#N)nnn1-c1cc(C)cc(C)c1. The second-order valence-corrected chi connectivity index (χ2v) is 4.19. The van der Waals surface area contributed by atoms with Crippen LogP contribution in [0.3, 0.4) is 0 Å². The molecule has 18 heavy (non-hydrogen) atoms. The summed E-state index contributed by atoms with van der Waals surface area (Å²) < 4.78 is 6.75. The van der Waals surface area contributed by atoms with Crippen molar-refractivity contribution in [1.29, 1.82) is 5.26 Å². The van der Waals surface area contributed by atoms with E-state index in [0.29, 0.717) is 18.0 Å². The summed E-state index contributed by atoms with van der Waals surface area (Å²) >= 11 is 0. The van der Waals surface area contributed by atoms with Crippen molar-refractivity contribution in [3.63, 3.8) is 0 Å². The van der Waals surface area contributed by atoms with Gasteiger partial charge in [0.1, 0.15) is 11.8 Å². The second kappa shape index (κ2) is 4.98. The number of nitriles is 1. The quantitative estimate of drug-likeness (QED) is 0.824. The Morgan fingerprint density at radius 1 is 1.28 bits per heavy atom. The van der Waals surface area contributed by atoms with Gasteiger partial charge < -0.3 is 4.74 Å². The summed E-state index contributed by atoms with van der Waals surface area (Å²) in [5.41, 5.74) is 4.15. The molecule has 0 amide bonds. The Morgan fingerprint density at radius 3 is 2.50 bits per heavy atom. The number of hydrogen-bond donors (Lipinski definition) is 0. The molecule has 0 unspecified atom stereocenters. The molecule has 0 aliphatic heterocycles. The molecule has 0 radical (unpaired) electrons. The first kappa shape index (κ1) is 12.3. The fraction of sp³-hybridized carbons (Fsp3) is 0.308. The molecule has 0 N–H and O–H groups in total. The molecule has 0 saturated heterocycles. The maximum Gasteiger partial charge on any atom is 0.188 e. The predicted molar refractivity (Wildman–Crippen MR) is 66.3 cm³/mol. The van der Waals surface area contributed by atoms with E-state index in [4.69, 9.17) is 10.00 Å². The highest BCUT2D eigenvalue weighted by molar-refractivity contribution is 5.41. The smallest absolute Gasteiger partial charge is 0.188 e. The van der Waals surface area contributed by atoms with Gasteiger partial charge >= 0.3 is 0 Å². The zero-order chi connectivity index (χ0) is 13.1. The third-order valence-corrected chi connectivity index (χ3v) is 2.60. The van der Waals surface area contributed by atoms with Crippen molar-refractivity contribution < 1.29 is 4.74 Å². The third kappa shape index (κ3) is 2.24. The highest BCUT2D eigenvalue weighted by Crippen LogP contribution is 2.16. The predicted octanol–water partition coefficient (Wildman–Crippen LogP) is 1.90. The number of aryl methyl sites for hydroxylation is 2. The molecule has 92 valence electrons. The van der Waals surface area contributed by atoms with Crippen molar-refractivity contribution in [2.75, 3.05) is 7.11 Å². The van der Waals surface area contributed by atoms with Gasteiger partial charge in [0.05, 0.1) is 12.3 Å². The van der Waals surface area contributed by atoms with Gasteiger partial charge in [-0.2, -0.15) is 5.26 Å². The van der Waals surface area contributed by atoms with Crippen LogP contribution in [0.25, 0.3) is 5.69 Å². The first-order valence-corrected chi connectivity index (χ1v) is 5.58. The molecule has 2 rings (SSSR count). The largest absolute Gasteiger partial charge is 0.378 e. The third-order valence-electron chi connectivity index (χ3n) is 2.60. The number of rotatable bonds is 3. The van der Waals surface area contributed by atoms with Crippen LogP contribution in [0.1, 0.15) is 22.5 Å². The number of ether oxygens (including phenoxy) is 1. The van der Waals surface area contributed by atoms with Crippen LogP contribution in [-0.4, -0.2) is 22.1 Å². The lowest BCUT2D eigenvalue weighted by atomic mass is 10.1.